The van der Waals surface area contributed by atoms with E-state index >= 15 is 0 Å². The molecule has 13 heavy (non-hydrogen) atoms. The Morgan fingerprint density at radius 1 is 1.15 bits per heavy atom. The van der Waals surface area contributed by atoms with Gasteiger partial charge in [0, 0.05) is 24.2 Å². The Morgan fingerprint density at radius 3 is 2.15 bits per heavy atom. The summed E-state index contributed by atoms with van der Waals surface area (Å²) >= 11 is 0. The number of hydrogen-bond donors (Lipinski definition) is 1. The minimum atomic E-state index is 0.646. The minimum Gasteiger partial charge on any atom is -0.312 e. The van der Waals surface area contributed by atoms with E-state index in [1.807, 2.05) is 0 Å². The molecule has 2 aliphatic rings. The van der Waals surface area contributed by atoms with Gasteiger partial charge in [-0.15, -0.1) is 0 Å². The molecule has 2 aliphatic heterocycles. The van der Waals surface area contributed by atoms with Gasteiger partial charge in [0.2, 0.25) is 0 Å². The normalized spacial score (nSPS) is 40.2. The molecule has 0 aromatic heterocycles. The Balaban J connectivity index is 1.91. The van der Waals surface area contributed by atoms with Crippen LogP contribution in [0.4, 0.5) is 0 Å². The van der Waals surface area contributed by atoms with Gasteiger partial charge in [0.1, 0.15) is 0 Å². The molecule has 3 atom stereocenters. The predicted octanol–water partition coefficient (Wildman–Crippen LogP) is 1.61. The first-order valence-corrected chi connectivity index (χ1v) is 5.65. The molecule has 2 heteroatoms. The first-order valence-electron chi connectivity index (χ1n) is 5.65. The third-order valence-corrected chi connectivity index (χ3v) is 3.67. The van der Waals surface area contributed by atoms with E-state index in [2.05, 4.69) is 31.1 Å². The van der Waals surface area contributed by atoms with E-state index in [9.17, 15) is 0 Å². The summed E-state index contributed by atoms with van der Waals surface area (Å²) in [7, 11) is 2.30. The van der Waals surface area contributed by atoms with Crippen LogP contribution in [0.1, 0.15) is 39.5 Å². The van der Waals surface area contributed by atoms with E-state index in [-0.39, 0.29) is 0 Å². The second-order valence-electron chi connectivity index (χ2n) is 5.04. The molecule has 2 heterocycles. The van der Waals surface area contributed by atoms with E-state index in [1.54, 1.807) is 0 Å². The maximum Gasteiger partial charge on any atom is 0.0111 e. The Kier molecular flexibility index (Phi) is 2.61. The van der Waals surface area contributed by atoms with Gasteiger partial charge in [-0.25, -0.2) is 0 Å². The molecule has 2 nitrogen and oxygen atoms in total. The number of piperidine rings is 1. The van der Waals surface area contributed by atoms with Gasteiger partial charge in [-0.05, 0) is 32.7 Å². The van der Waals surface area contributed by atoms with Crippen LogP contribution in [-0.4, -0.2) is 36.1 Å². The van der Waals surface area contributed by atoms with Crippen LogP contribution in [0.3, 0.4) is 0 Å². The average Bonchev–Trinajstić information content (AvgIpc) is 2.33. The molecule has 2 saturated heterocycles. The molecule has 2 rings (SSSR count). The fourth-order valence-electron chi connectivity index (χ4n) is 3.02. The monoisotopic (exact) mass is 182 g/mol. The van der Waals surface area contributed by atoms with Crippen molar-refractivity contribution in [2.75, 3.05) is 7.05 Å². The third kappa shape index (κ3) is 1.89. The van der Waals surface area contributed by atoms with Crippen LogP contribution in [0.5, 0.6) is 0 Å². The van der Waals surface area contributed by atoms with Crippen molar-refractivity contribution < 1.29 is 0 Å². The third-order valence-electron chi connectivity index (χ3n) is 3.67. The second kappa shape index (κ2) is 3.58. The Labute approximate surface area is 81.7 Å². The smallest absolute Gasteiger partial charge is 0.0111 e. The zero-order valence-corrected chi connectivity index (χ0v) is 9.09. The molecule has 1 unspecified atom stereocenters. The lowest BCUT2D eigenvalue weighted by molar-refractivity contribution is 0.145. The van der Waals surface area contributed by atoms with E-state index in [1.165, 1.54) is 25.7 Å². The number of fused-ring (bicyclic) bond motifs is 2. The van der Waals surface area contributed by atoms with Crippen molar-refractivity contribution >= 4 is 0 Å². The lowest BCUT2D eigenvalue weighted by Crippen LogP contribution is -2.48. The fraction of sp³-hybridized carbons (Fsp3) is 1.00. The second-order valence-corrected chi connectivity index (χ2v) is 5.04. The molecule has 76 valence electrons. The summed E-state index contributed by atoms with van der Waals surface area (Å²) < 4.78 is 0. The van der Waals surface area contributed by atoms with Gasteiger partial charge >= 0.3 is 0 Å². The molecule has 0 spiro atoms. The Bertz CT molecular complexity index is 165. The maximum atomic E-state index is 3.68. The first kappa shape index (κ1) is 9.47. The molecule has 2 bridgehead atoms. The lowest BCUT2D eigenvalue weighted by Gasteiger charge is -2.37. The van der Waals surface area contributed by atoms with Gasteiger partial charge in [-0.1, -0.05) is 13.8 Å². The molecule has 0 radical (unpaired) electrons. The van der Waals surface area contributed by atoms with Gasteiger partial charge in [-0.2, -0.15) is 0 Å². The molecule has 0 aliphatic carbocycles. The number of hydrogen-bond acceptors (Lipinski definition) is 2. The van der Waals surface area contributed by atoms with Crippen LogP contribution in [0.2, 0.25) is 0 Å². The summed E-state index contributed by atoms with van der Waals surface area (Å²) in [6, 6.07) is 3.17. The van der Waals surface area contributed by atoms with Crippen LogP contribution >= 0.6 is 0 Å². The topological polar surface area (TPSA) is 15.3 Å². The van der Waals surface area contributed by atoms with Crippen LogP contribution in [0.25, 0.3) is 0 Å². The predicted molar refractivity (Wildman–Crippen MR) is 55.9 cm³/mol. The van der Waals surface area contributed by atoms with Crippen molar-refractivity contribution in [3.8, 4) is 0 Å². The zero-order valence-electron chi connectivity index (χ0n) is 9.09. The minimum absolute atomic E-state index is 0.646. The molecular weight excluding hydrogens is 160 g/mol. The molecule has 0 aromatic rings. The summed E-state index contributed by atoms with van der Waals surface area (Å²) in [4.78, 5) is 2.60. The zero-order chi connectivity index (χ0) is 9.42. The first-order chi connectivity index (χ1) is 6.16. The fourth-order valence-corrected chi connectivity index (χ4v) is 3.02. The largest absolute Gasteiger partial charge is 0.312 e. The molecular formula is C11H22N2. The van der Waals surface area contributed by atoms with Crippen molar-refractivity contribution in [2.24, 2.45) is 0 Å². The summed E-state index contributed by atoms with van der Waals surface area (Å²) in [5.74, 6) is 0. The van der Waals surface area contributed by atoms with Gasteiger partial charge in [-0.3, -0.25) is 0 Å². The van der Waals surface area contributed by atoms with E-state index in [0.717, 1.165) is 18.1 Å². The van der Waals surface area contributed by atoms with Crippen LogP contribution in [0, 0.1) is 0 Å². The highest BCUT2D eigenvalue weighted by Crippen LogP contribution is 2.34. The summed E-state index contributed by atoms with van der Waals surface area (Å²) in [5.41, 5.74) is 0. The van der Waals surface area contributed by atoms with Crippen molar-refractivity contribution in [3.63, 3.8) is 0 Å². The van der Waals surface area contributed by atoms with E-state index < -0.39 is 0 Å². The molecule has 1 N–H and O–H groups in total. The van der Waals surface area contributed by atoms with Crippen LogP contribution in [0.15, 0.2) is 0 Å². The average molecular weight is 182 g/mol. The van der Waals surface area contributed by atoms with E-state index in [4.69, 9.17) is 0 Å². The Hall–Kier alpha value is -0.0800. The van der Waals surface area contributed by atoms with Gasteiger partial charge < -0.3 is 10.2 Å². The molecule has 0 amide bonds. The summed E-state index contributed by atoms with van der Waals surface area (Å²) in [6.07, 6.45) is 5.59. The van der Waals surface area contributed by atoms with Gasteiger partial charge in [0.05, 0.1) is 0 Å². The van der Waals surface area contributed by atoms with Crippen molar-refractivity contribution in [1.29, 1.82) is 0 Å². The van der Waals surface area contributed by atoms with Crippen LogP contribution in [-0.2, 0) is 0 Å². The highest BCUT2D eigenvalue weighted by molar-refractivity contribution is 4.96. The Morgan fingerprint density at radius 2 is 1.69 bits per heavy atom. The number of nitrogens with zero attached hydrogens (tertiary/aromatic N) is 1. The van der Waals surface area contributed by atoms with Gasteiger partial charge in [0.25, 0.3) is 0 Å². The highest BCUT2D eigenvalue weighted by atomic mass is 15.2. The maximum absolute atomic E-state index is 3.68. The summed E-state index contributed by atoms with van der Waals surface area (Å²) in [5, 5.41) is 3.68. The summed E-state index contributed by atoms with van der Waals surface area (Å²) in [6.45, 7) is 4.50. The highest BCUT2D eigenvalue weighted by Gasteiger charge is 2.38. The van der Waals surface area contributed by atoms with Gasteiger partial charge in [0.15, 0.2) is 0 Å². The van der Waals surface area contributed by atoms with Crippen molar-refractivity contribution in [2.45, 2.75) is 63.7 Å². The molecule has 2 fully saturated rings. The quantitative estimate of drug-likeness (QED) is 0.698. The molecule has 0 aromatic carbocycles. The molecule has 0 saturated carbocycles. The van der Waals surface area contributed by atoms with Crippen molar-refractivity contribution in [3.05, 3.63) is 0 Å². The standard InChI is InChI=1S/C11H22N2/c1-8(2)12-9-6-10-4-5-11(7-9)13(10)3/h8-12H,4-7H2,1-3H3/t9?,10-,11+. The SMILES string of the molecule is CC(C)NC1C[C@H]2CC[C@@H](C1)N2C. The number of rotatable bonds is 2. The number of nitrogens with one attached hydrogen (secondary N) is 1. The van der Waals surface area contributed by atoms with Crippen molar-refractivity contribution in [1.82, 2.24) is 10.2 Å². The van der Waals surface area contributed by atoms with Crippen LogP contribution < -0.4 is 5.32 Å². The lowest BCUT2D eigenvalue weighted by atomic mass is 9.97. The van der Waals surface area contributed by atoms with E-state index in [0.29, 0.717) is 6.04 Å².